The quantitative estimate of drug-likeness (QED) is 0.429. The van der Waals surface area contributed by atoms with Crippen molar-refractivity contribution in [3.05, 3.63) is 28.7 Å². The van der Waals surface area contributed by atoms with Gasteiger partial charge in [-0.2, -0.15) is 0 Å². The van der Waals surface area contributed by atoms with Crippen LogP contribution in [0.25, 0.3) is 20.4 Å². The van der Waals surface area contributed by atoms with E-state index in [0.29, 0.717) is 27.7 Å². The molecule has 7 nitrogen and oxygen atoms in total. The van der Waals surface area contributed by atoms with Gasteiger partial charge in [0.25, 0.3) is 5.56 Å². The number of ether oxygens (including phenoxy) is 1. The fourth-order valence-corrected chi connectivity index (χ4v) is 6.28. The summed E-state index contributed by atoms with van der Waals surface area (Å²) in [6.07, 6.45) is 8.22. The summed E-state index contributed by atoms with van der Waals surface area (Å²) >= 11 is 2.76. The first-order chi connectivity index (χ1) is 15.2. The molecule has 5 heterocycles. The smallest absolute Gasteiger partial charge is 0.272 e. The Labute approximate surface area is 188 Å². The van der Waals surface area contributed by atoms with Crippen LogP contribution in [0.1, 0.15) is 38.5 Å². The highest BCUT2D eigenvalue weighted by Gasteiger charge is 2.23. The summed E-state index contributed by atoms with van der Waals surface area (Å²) in [5.41, 5.74) is 0.625. The average Bonchev–Trinajstić information content (AvgIpc) is 3.34. The molecule has 2 aliphatic heterocycles. The monoisotopic (exact) mass is 458 g/mol. The number of carbonyl (C=O) groups is 1. The van der Waals surface area contributed by atoms with Crippen molar-refractivity contribution in [2.75, 3.05) is 25.4 Å². The predicted molar refractivity (Wildman–Crippen MR) is 124 cm³/mol. The van der Waals surface area contributed by atoms with E-state index in [2.05, 4.69) is 4.98 Å². The number of thiophene rings is 1. The van der Waals surface area contributed by atoms with Crippen LogP contribution in [0, 0.1) is 0 Å². The van der Waals surface area contributed by atoms with Crippen LogP contribution in [-0.2, 0) is 16.1 Å². The Morgan fingerprint density at radius 2 is 2.06 bits per heavy atom. The molecule has 0 spiro atoms. The second kappa shape index (κ2) is 9.26. The third-order valence-electron chi connectivity index (χ3n) is 6.01. The van der Waals surface area contributed by atoms with Gasteiger partial charge in [-0.05, 0) is 37.8 Å². The third kappa shape index (κ3) is 4.36. The van der Waals surface area contributed by atoms with Crippen molar-refractivity contribution in [1.82, 2.24) is 19.4 Å². The lowest BCUT2D eigenvalue weighted by molar-refractivity contribution is -0.128. The second-order valence-electron chi connectivity index (χ2n) is 8.16. The Morgan fingerprint density at radius 3 is 2.84 bits per heavy atom. The first-order valence-corrected chi connectivity index (χ1v) is 12.8. The third-order valence-corrected chi connectivity index (χ3v) is 8.06. The number of hydrogen-bond donors (Lipinski definition) is 0. The number of carbonyl (C=O) groups excluding carboxylic acids is 1. The highest BCUT2D eigenvalue weighted by Crippen LogP contribution is 2.31. The Hall–Kier alpha value is -1.97. The van der Waals surface area contributed by atoms with E-state index in [1.54, 1.807) is 10.8 Å². The van der Waals surface area contributed by atoms with Crippen LogP contribution in [0.15, 0.2) is 28.3 Å². The molecule has 5 rings (SSSR count). The Balaban J connectivity index is 1.48. The number of likely N-dealkylation sites (tertiary alicyclic amines) is 1. The van der Waals surface area contributed by atoms with Crippen LogP contribution in [0.2, 0.25) is 0 Å². The van der Waals surface area contributed by atoms with Crippen molar-refractivity contribution in [2.45, 2.75) is 56.3 Å². The van der Waals surface area contributed by atoms with E-state index < -0.39 is 0 Å². The van der Waals surface area contributed by atoms with Gasteiger partial charge in [-0.3, -0.25) is 14.2 Å². The summed E-state index contributed by atoms with van der Waals surface area (Å²) in [5, 5.41) is 1.49. The zero-order valence-electron chi connectivity index (χ0n) is 17.4. The zero-order valence-corrected chi connectivity index (χ0v) is 19.1. The molecule has 2 saturated heterocycles. The summed E-state index contributed by atoms with van der Waals surface area (Å²) in [6.45, 7) is 2.87. The molecule has 1 amide bonds. The van der Waals surface area contributed by atoms with Crippen molar-refractivity contribution in [3.8, 4) is 0 Å². The van der Waals surface area contributed by atoms with Gasteiger partial charge in [0.2, 0.25) is 5.91 Å². The number of aromatic nitrogens is 3. The van der Waals surface area contributed by atoms with Gasteiger partial charge >= 0.3 is 0 Å². The van der Waals surface area contributed by atoms with Crippen molar-refractivity contribution >= 4 is 49.4 Å². The topological polar surface area (TPSA) is 77.3 Å². The summed E-state index contributed by atoms with van der Waals surface area (Å²) in [4.78, 5) is 38.3. The molecule has 1 atom stereocenters. The zero-order chi connectivity index (χ0) is 21.2. The summed E-state index contributed by atoms with van der Waals surface area (Å²) in [5.74, 6) is 0.422. The van der Waals surface area contributed by atoms with E-state index in [-0.39, 0.29) is 17.6 Å². The minimum absolute atomic E-state index is 0.0186. The van der Waals surface area contributed by atoms with Crippen molar-refractivity contribution < 1.29 is 9.53 Å². The summed E-state index contributed by atoms with van der Waals surface area (Å²) in [7, 11) is 0. The Bertz CT molecular complexity index is 1140. The van der Waals surface area contributed by atoms with Crippen molar-refractivity contribution in [3.63, 3.8) is 0 Å². The number of pyridine rings is 1. The number of nitrogens with zero attached hydrogens (tertiary/aromatic N) is 4. The van der Waals surface area contributed by atoms with Gasteiger partial charge in [-0.1, -0.05) is 24.6 Å². The number of rotatable bonds is 5. The maximum Gasteiger partial charge on any atom is 0.272 e. The fourth-order valence-electron chi connectivity index (χ4n) is 4.34. The van der Waals surface area contributed by atoms with Gasteiger partial charge in [0, 0.05) is 31.3 Å². The van der Waals surface area contributed by atoms with Gasteiger partial charge in [-0.25, -0.2) is 9.97 Å². The first-order valence-electron chi connectivity index (χ1n) is 11.0. The summed E-state index contributed by atoms with van der Waals surface area (Å²) in [6, 6.07) is 3.82. The maximum atomic E-state index is 13.4. The molecular weight excluding hydrogens is 432 g/mol. The van der Waals surface area contributed by atoms with Gasteiger partial charge in [0.1, 0.15) is 9.53 Å². The van der Waals surface area contributed by atoms with Crippen LogP contribution in [0.3, 0.4) is 0 Å². The van der Waals surface area contributed by atoms with Gasteiger partial charge in [-0.15, -0.1) is 11.3 Å². The van der Waals surface area contributed by atoms with Crippen molar-refractivity contribution in [1.29, 1.82) is 0 Å². The van der Waals surface area contributed by atoms with Crippen LogP contribution in [-0.4, -0.2) is 56.9 Å². The molecule has 0 N–H and O–H groups in total. The lowest BCUT2D eigenvalue weighted by Gasteiger charge is -2.20. The van der Waals surface area contributed by atoms with Crippen LogP contribution >= 0.6 is 23.1 Å². The Morgan fingerprint density at radius 1 is 1.23 bits per heavy atom. The fraction of sp³-hybridized carbons (Fsp3) is 0.545. The molecule has 1 unspecified atom stereocenters. The molecule has 164 valence electrons. The molecule has 0 aromatic carbocycles. The molecule has 0 aliphatic carbocycles. The van der Waals surface area contributed by atoms with Crippen molar-refractivity contribution in [2.24, 2.45) is 0 Å². The maximum absolute atomic E-state index is 13.4. The normalized spacial score (nSPS) is 19.9. The number of hydrogen-bond acceptors (Lipinski definition) is 7. The van der Waals surface area contributed by atoms with Gasteiger partial charge in [0.15, 0.2) is 5.16 Å². The van der Waals surface area contributed by atoms with Gasteiger partial charge < -0.3 is 9.64 Å². The molecule has 31 heavy (non-hydrogen) atoms. The van der Waals surface area contributed by atoms with Gasteiger partial charge in [0.05, 0.1) is 23.9 Å². The highest BCUT2D eigenvalue weighted by atomic mass is 32.2. The van der Waals surface area contributed by atoms with E-state index in [1.165, 1.54) is 35.9 Å². The molecule has 3 aromatic heterocycles. The highest BCUT2D eigenvalue weighted by molar-refractivity contribution is 7.99. The molecule has 9 heteroatoms. The molecule has 0 radical (unpaired) electrons. The number of thioether (sulfide) groups is 1. The average molecular weight is 459 g/mol. The number of amides is 1. The SMILES string of the molecule is O=C(CSc1nc2c(sc3ncccc32)c(=O)n1CC1CCCO1)N1CCCCCC1. The molecule has 2 fully saturated rings. The predicted octanol–water partition coefficient (Wildman–Crippen LogP) is 3.68. The summed E-state index contributed by atoms with van der Waals surface area (Å²) < 4.78 is 8.13. The van der Waals surface area contributed by atoms with Crippen LogP contribution in [0.4, 0.5) is 0 Å². The lowest BCUT2D eigenvalue weighted by Crippen LogP contribution is -2.34. The lowest BCUT2D eigenvalue weighted by atomic mass is 10.2. The Kier molecular flexibility index (Phi) is 6.24. The van der Waals surface area contributed by atoms with E-state index in [9.17, 15) is 9.59 Å². The van der Waals surface area contributed by atoms with E-state index >= 15 is 0 Å². The standard InChI is InChI=1S/C22H26N4O3S2/c27-17(25-10-3-1-2-4-11-25)14-30-22-24-18-16-8-5-9-23-20(16)31-19(18)21(28)26(22)13-15-7-6-12-29-15/h5,8-9,15H,1-4,6-7,10-14H2. The van der Waals surface area contributed by atoms with E-state index in [4.69, 9.17) is 9.72 Å². The first kappa shape index (κ1) is 20.9. The minimum atomic E-state index is -0.0618. The molecule has 0 bridgehead atoms. The molecule has 3 aromatic rings. The number of fused-ring (bicyclic) bond motifs is 3. The van der Waals surface area contributed by atoms with E-state index in [0.717, 1.165) is 55.6 Å². The molecular formula is C22H26N4O3S2. The van der Waals surface area contributed by atoms with E-state index in [1.807, 2.05) is 17.0 Å². The molecule has 0 saturated carbocycles. The van der Waals surface area contributed by atoms with Crippen LogP contribution < -0.4 is 5.56 Å². The largest absolute Gasteiger partial charge is 0.376 e. The second-order valence-corrected chi connectivity index (χ2v) is 10.1. The molecule has 2 aliphatic rings. The van der Waals surface area contributed by atoms with Crippen LogP contribution in [0.5, 0.6) is 0 Å². The minimum Gasteiger partial charge on any atom is -0.376 e.